The summed E-state index contributed by atoms with van der Waals surface area (Å²) in [6.45, 7) is 2.10. The van der Waals surface area contributed by atoms with Crippen molar-refractivity contribution >= 4 is 11.7 Å². The average molecular weight is 274 g/mol. The molecule has 4 nitrogen and oxygen atoms in total. The van der Waals surface area contributed by atoms with Crippen LogP contribution in [0.2, 0.25) is 0 Å². The zero-order chi connectivity index (χ0) is 14.5. The Balaban J connectivity index is 2.23. The fourth-order valence-corrected chi connectivity index (χ4v) is 1.92. The van der Waals surface area contributed by atoms with Gasteiger partial charge in [0.15, 0.2) is 0 Å². The van der Waals surface area contributed by atoms with E-state index in [9.17, 15) is 9.18 Å². The van der Waals surface area contributed by atoms with Crippen molar-refractivity contribution in [3.05, 3.63) is 59.7 Å². The van der Waals surface area contributed by atoms with Crippen LogP contribution in [0.3, 0.4) is 0 Å². The van der Waals surface area contributed by atoms with E-state index in [2.05, 4.69) is 4.98 Å². The first kappa shape index (κ1) is 14.0. The maximum absolute atomic E-state index is 13.1. The van der Waals surface area contributed by atoms with Crippen LogP contribution >= 0.6 is 0 Å². The Hall–Kier alpha value is -2.43. The SMILES string of the molecule is Cc1ccc(N(CC(=O)O)Cc2cncc(F)c2)cc1. The van der Waals surface area contributed by atoms with Gasteiger partial charge in [0.05, 0.1) is 6.20 Å². The second-order valence-corrected chi connectivity index (χ2v) is 4.60. The van der Waals surface area contributed by atoms with Crippen molar-refractivity contribution in [1.29, 1.82) is 0 Å². The standard InChI is InChI=1S/C15H15FN2O2/c1-11-2-4-14(5-3-11)18(10-15(19)20)9-12-6-13(16)8-17-7-12/h2-8H,9-10H2,1H3,(H,19,20). The highest BCUT2D eigenvalue weighted by Gasteiger charge is 2.12. The number of halogens is 1. The summed E-state index contributed by atoms with van der Waals surface area (Å²) in [4.78, 5) is 16.4. The quantitative estimate of drug-likeness (QED) is 0.910. The van der Waals surface area contributed by atoms with Gasteiger partial charge in [-0.05, 0) is 30.7 Å². The molecule has 0 aliphatic carbocycles. The molecule has 0 amide bonds. The fraction of sp³-hybridized carbons (Fsp3) is 0.200. The molecular formula is C15H15FN2O2. The molecule has 0 unspecified atom stereocenters. The Labute approximate surface area is 116 Å². The largest absolute Gasteiger partial charge is 0.480 e. The minimum atomic E-state index is -0.935. The summed E-state index contributed by atoms with van der Waals surface area (Å²) in [5.41, 5.74) is 2.51. The van der Waals surface area contributed by atoms with E-state index in [1.165, 1.54) is 12.3 Å². The molecule has 5 heteroatoms. The third-order valence-corrected chi connectivity index (χ3v) is 2.86. The smallest absolute Gasteiger partial charge is 0.323 e. The van der Waals surface area contributed by atoms with Crippen LogP contribution in [0.15, 0.2) is 42.7 Å². The lowest BCUT2D eigenvalue weighted by molar-refractivity contribution is -0.135. The Morgan fingerprint density at radius 2 is 2.00 bits per heavy atom. The molecule has 0 saturated carbocycles. The van der Waals surface area contributed by atoms with E-state index in [4.69, 9.17) is 5.11 Å². The second-order valence-electron chi connectivity index (χ2n) is 4.60. The van der Waals surface area contributed by atoms with Crippen molar-refractivity contribution in [3.63, 3.8) is 0 Å². The van der Waals surface area contributed by atoms with E-state index in [0.29, 0.717) is 12.1 Å². The van der Waals surface area contributed by atoms with Crippen LogP contribution in [0.25, 0.3) is 0 Å². The van der Waals surface area contributed by atoms with Crippen LogP contribution in [0, 0.1) is 12.7 Å². The van der Waals surface area contributed by atoms with Gasteiger partial charge in [-0.2, -0.15) is 0 Å². The lowest BCUT2D eigenvalue weighted by atomic mass is 10.2. The van der Waals surface area contributed by atoms with Crippen LogP contribution in [-0.2, 0) is 11.3 Å². The van der Waals surface area contributed by atoms with Crippen molar-refractivity contribution in [3.8, 4) is 0 Å². The minimum absolute atomic E-state index is 0.153. The lowest BCUT2D eigenvalue weighted by Gasteiger charge is -2.23. The molecule has 0 aliphatic heterocycles. The summed E-state index contributed by atoms with van der Waals surface area (Å²) in [6.07, 6.45) is 2.66. The zero-order valence-electron chi connectivity index (χ0n) is 11.1. The first-order valence-corrected chi connectivity index (χ1v) is 6.17. The minimum Gasteiger partial charge on any atom is -0.480 e. The molecule has 0 aliphatic rings. The van der Waals surface area contributed by atoms with Gasteiger partial charge in [-0.3, -0.25) is 9.78 Å². The number of carboxylic acid groups (broad SMARTS) is 1. The molecule has 104 valence electrons. The number of anilines is 1. The van der Waals surface area contributed by atoms with Gasteiger partial charge in [-0.1, -0.05) is 17.7 Å². The Morgan fingerprint density at radius 1 is 1.30 bits per heavy atom. The summed E-state index contributed by atoms with van der Waals surface area (Å²) < 4.78 is 13.1. The first-order valence-electron chi connectivity index (χ1n) is 6.17. The Kier molecular flexibility index (Phi) is 4.30. The van der Waals surface area contributed by atoms with Gasteiger partial charge >= 0.3 is 5.97 Å². The molecule has 1 N–H and O–H groups in total. The fourth-order valence-electron chi connectivity index (χ4n) is 1.92. The highest BCUT2D eigenvalue weighted by atomic mass is 19.1. The number of pyridine rings is 1. The molecule has 0 atom stereocenters. The van der Waals surface area contributed by atoms with Gasteiger partial charge in [-0.15, -0.1) is 0 Å². The monoisotopic (exact) mass is 274 g/mol. The average Bonchev–Trinajstić information content (AvgIpc) is 2.38. The molecule has 0 bridgehead atoms. The third-order valence-electron chi connectivity index (χ3n) is 2.86. The molecule has 0 spiro atoms. The van der Waals surface area contributed by atoms with Crippen LogP contribution in [-0.4, -0.2) is 22.6 Å². The molecule has 20 heavy (non-hydrogen) atoms. The van der Waals surface area contributed by atoms with Crippen LogP contribution in [0.1, 0.15) is 11.1 Å². The highest BCUT2D eigenvalue weighted by Crippen LogP contribution is 2.18. The van der Waals surface area contributed by atoms with Gasteiger partial charge in [0.25, 0.3) is 0 Å². The van der Waals surface area contributed by atoms with Crippen LogP contribution < -0.4 is 4.90 Å². The lowest BCUT2D eigenvalue weighted by Crippen LogP contribution is -2.29. The van der Waals surface area contributed by atoms with Crippen LogP contribution in [0.4, 0.5) is 10.1 Å². The molecule has 0 fully saturated rings. The third kappa shape index (κ3) is 3.78. The maximum Gasteiger partial charge on any atom is 0.323 e. The molecule has 2 rings (SSSR count). The van der Waals surface area contributed by atoms with Crippen molar-refractivity contribution < 1.29 is 14.3 Å². The molecule has 2 aromatic rings. The van der Waals surface area contributed by atoms with E-state index in [1.54, 1.807) is 4.90 Å². The topological polar surface area (TPSA) is 53.4 Å². The van der Waals surface area contributed by atoms with E-state index < -0.39 is 11.8 Å². The summed E-state index contributed by atoms with van der Waals surface area (Å²) in [5, 5.41) is 9.00. The summed E-state index contributed by atoms with van der Waals surface area (Å²) >= 11 is 0. The molecule has 1 aromatic heterocycles. The number of hydrogen-bond acceptors (Lipinski definition) is 3. The molecule has 1 heterocycles. The summed E-state index contributed by atoms with van der Waals surface area (Å²) in [5.74, 6) is -1.36. The normalized spacial score (nSPS) is 10.3. The van der Waals surface area contributed by atoms with Crippen molar-refractivity contribution in [2.24, 2.45) is 0 Å². The van der Waals surface area contributed by atoms with Gasteiger partial charge in [0.2, 0.25) is 0 Å². The Bertz CT molecular complexity index is 599. The second kappa shape index (κ2) is 6.14. The number of rotatable bonds is 5. The van der Waals surface area contributed by atoms with E-state index >= 15 is 0 Å². The number of carbonyl (C=O) groups is 1. The molecular weight excluding hydrogens is 259 g/mol. The van der Waals surface area contributed by atoms with Gasteiger partial charge in [-0.25, -0.2) is 4.39 Å². The van der Waals surface area contributed by atoms with Gasteiger partial charge in [0, 0.05) is 18.4 Å². The molecule has 0 radical (unpaired) electrons. The predicted molar refractivity (Wildman–Crippen MR) is 74.1 cm³/mol. The number of aromatic nitrogens is 1. The van der Waals surface area contributed by atoms with E-state index in [1.807, 2.05) is 31.2 Å². The predicted octanol–water partition coefficient (Wildman–Crippen LogP) is 2.62. The molecule has 1 aromatic carbocycles. The summed E-state index contributed by atoms with van der Waals surface area (Å²) in [6, 6.07) is 8.88. The van der Waals surface area contributed by atoms with E-state index in [-0.39, 0.29) is 6.54 Å². The van der Waals surface area contributed by atoms with Crippen molar-refractivity contribution in [2.75, 3.05) is 11.4 Å². The van der Waals surface area contributed by atoms with Crippen molar-refractivity contribution in [1.82, 2.24) is 4.98 Å². The number of benzene rings is 1. The number of nitrogens with zero attached hydrogens (tertiary/aromatic N) is 2. The number of aliphatic carboxylic acids is 1. The highest BCUT2D eigenvalue weighted by molar-refractivity contribution is 5.73. The van der Waals surface area contributed by atoms with Gasteiger partial charge in [0.1, 0.15) is 12.4 Å². The molecule has 0 saturated heterocycles. The first-order chi connectivity index (χ1) is 9.54. The van der Waals surface area contributed by atoms with Gasteiger partial charge < -0.3 is 10.0 Å². The van der Waals surface area contributed by atoms with E-state index in [0.717, 1.165) is 17.4 Å². The maximum atomic E-state index is 13.1. The number of hydrogen-bond donors (Lipinski definition) is 1. The summed E-state index contributed by atoms with van der Waals surface area (Å²) in [7, 11) is 0. The number of aryl methyl sites for hydroxylation is 1. The number of carboxylic acids is 1. The van der Waals surface area contributed by atoms with Crippen LogP contribution in [0.5, 0.6) is 0 Å². The zero-order valence-corrected chi connectivity index (χ0v) is 11.1. The van der Waals surface area contributed by atoms with Crippen molar-refractivity contribution in [2.45, 2.75) is 13.5 Å². The Morgan fingerprint density at radius 3 is 2.60 bits per heavy atom.